The number of rotatable bonds is 2. The maximum Gasteiger partial charge on any atom is 0.313 e. The highest BCUT2D eigenvalue weighted by atomic mass is 16.5. The molecule has 0 N–H and O–H groups in total. The van der Waals surface area contributed by atoms with Gasteiger partial charge in [-0.25, -0.2) is 0 Å². The Morgan fingerprint density at radius 2 is 1.94 bits per heavy atom. The quantitative estimate of drug-likeness (QED) is 0.718. The molecule has 1 saturated heterocycles. The van der Waals surface area contributed by atoms with Crippen LogP contribution in [-0.2, 0) is 9.53 Å². The summed E-state index contributed by atoms with van der Waals surface area (Å²) in [4.78, 5) is 11.7. The average molecular weight is 220 g/mol. The van der Waals surface area contributed by atoms with Gasteiger partial charge >= 0.3 is 5.97 Å². The van der Waals surface area contributed by atoms with Crippen molar-refractivity contribution in [3.8, 4) is 5.75 Å². The molecule has 0 aliphatic carbocycles. The zero-order valence-corrected chi connectivity index (χ0v) is 9.60. The zero-order valence-electron chi connectivity index (χ0n) is 9.60. The Hall–Kier alpha value is -1.51. The topological polar surface area (TPSA) is 35.5 Å². The lowest BCUT2D eigenvalue weighted by Gasteiger charge is -2.26. The fourth-order valence-corrected chi connectivity index (χ4v) is 2.00. The SMILES string of the molecule is COc1ccc(C2CCC(C)OC2=O)cc1. The van der Waals surface area contributed by atoms with Gasteiger partial charge in [-0.2, -0.15) is 0 Å². The summed E-state index contributed by atoms with van der Waals surface area (Å²) in [6.07, 6.45) is 1.86. The number of esters is 1. The minimum Gasteiger partial charge on any atom is -0.497 e. The first-order valence-corrected chi connectivity index (χ1v) is 5.55. The van der Waals surface area contributed by atoms with Gasteiger partial charge in [-0.05, 0) is 37.5 Å². The van der Waals surface area contributed by atoms with Crippen LogP contribution in [-0.4, -0.2) is 19.2 Å². The first-order valence-electron chi connectivity index (χ1n) is 5.55. The highest BCUT2D eigenvalue weighted by molar-refractivity contribution is 5.79. The molecule has 3 heteroatoms. The first kappa shape index (κ1) is 11.0. The van der Waals surface area contributed by atoms with E-state index in [1.165, 1.54) is 0 Å². The van der Waals surface area contributed by atoms with Crippen molar-refractivity contribution in [3.63, 3.8) is 0 Å². The Bertz CT molecular complexity index is 369. The summed E-state index contributed by atoms with van der Waals surface area (Å²) >= 11 is 0. The van der Waals surface area contributed by atoms with Crippen molar-refractivity contribution in [2.24, 2.45) is 0 Å². The molecule has 0 spiro atoms. The van der Waals surface area contributed by atoms with Crippen molar-refractivity contribution in [1.82, 2.24) is 0 Å². The summed E-state index contributed by atoms with van der Waals surface area (Å²) in [6.45, 7) is 1.93. The first-order chi connectivity index (χ1) is 7.70. The number of methoxy groups -OCH3 is 1. The van der Waals surface area contributed by atoms with Crippen molar-refractivity contribution in [2.45, 2.75) is 31.8 Å². The summed E-state index contributed by atoms with van der Waals surface area (Å²) in [6, 6.07) is 7.61. The lowest BCUT2D eigenvalue weighted by Crippen LogP contribution is -2.27. The standard InChI is InChI=1S/C13H16O3/c1-9-3-8-12(13(14)16-9)10-4-6-11(15-2)7-5-10/h4-7,9,12H,3,8H2,1-2H3. The van der Waals surface area contributed by atoms with Gasteiger partial charge in [0, 0.05) is 0 Å². The summed E-state index contributed by atoms with van der Waals surface area (Å²) in [7, 11) is 1.63. The number of hydrogen-bond acceptors (Lipinski definition) is 3. The molecule has 1 aromatic rings. The van der Waals surface area contributed by atoms with Gasteiger partial charge in [0.15, 0.2) is 0 Å². The molecule has 2 rings (SSSR count). The Morgan fingerprint density at radius 3 is 2.50 bits per heavy atom. The van der Waals surface area contributed by atoms with Crippen LogP contribution in [0.15, 0.2) is 24.3 Å². The van der Waals surface area contributed by atoms with Gasteiger partial charge in [0.1, 0.15) is 5.75 Å². The average Bonchev–Trinajstić information content (AvgIpc) is 2.29. The van der Waals surface area contributed by atoms with Crippen LogP contribution >= 0.6 is 0 Å². The number of benzene rings is 1. The molecule has 1 fully saturated rings. The van der Waals surface area contributed by atoms with Crippen molar-refractivity contribution in [3.05, 3.63) is 29.8 Å². The van der Waals surface area contributed by atoms with Crippen molar-refractivity contribution in [2.75, 3.05) is 7.11 Å². The van der Waals surface area contributed by atoms with E-state index in [2.05, 4.69) is 0 Å². The highest BCUT2D eigenvalue weighted by Gasteiger charge is 2.28. The largest absolute Gasteiger partial charge is 0.497 e. The molecule has 2 atom stereocenters. The third kappa shape index (κ3) is 2.18. The molecule has 0 aromatic heterocycles. The van der Waals surface area contributed by atoms with Gasteiger partial charge in [0.2, 0.25) is 0 Å². The summed E-state index contributed by atoms with van der Waals surface area (Å²) < 4.78 is 10.3. The smallest absolute Gasteiger partial charge is 0.313 e. The Morgan fingerprint density at radius 1 is 1.25 bits per heavy atom. The second-order valence-electron chi connectivity index (χ2n) is 4.15. The minimum absolute atomic E-state index is 0.0574. The molecule has 1 heterocycles. The lowest BCUT2D eigenvalue weighted by atomic mass is 9.91. The number of hydrogen-bond donors (Lipinski definition) is 0. The number of carbonyl (C=O) groups excluding carboxylic acids is 1. The van der Waals surface area contributed by atoms with Crippen LogP contribution < -0.4 is 4.74 Å². The molecule has 16 heavy (non-hydrogen) atoms. The number of cyclic esters (lactones) is 1. The molecular weight excluding hydrogens is 204 g/mol. The van der Waals surface area contributed by atoms with Crippen LogP contribution in [0.2, 0.25) is 0 Å². The van der Waals surface area contributed by atoms with Gasteiger partial charge in [0.25, 0.3) is 0 Å². The zero-order chi connectivity index (χ0) is 11.5. The number of carbonyl (C=O) groups is 1. The Kier molecular flexibility index (Phi) is 3.13. The van der Waals surface area contributed by atoms with Crippen LogP contribution in [0.1, 0.15) is 31.2 Å². The molecule has 0 radical (unpaired) electrons. The molecule has 1 aliphatic heterocycles. The number of ether oxygens (including phenoxy) is 2. The molecule has 2 unspecified atom stereocenters. The maximum atomic E-state index is 11.7. The fourth-order valence-electron chi connectivity index (χ4n) is 2.00. The van der Waals surface area contributed by atoms with E-state index in [1.807, 2.05) is 31.2 Å². The Balaban J connectivity index is 2.14. The third-order valence-electron chi connectivity index (χ3n) is 2.98. The van der Waals surface area contributed by atoms with Gasteiger partial charge in [-0.3, -0.25) is 4.79 Å². The third-order valence-corrected chi connectivity index (χ3v) is 2.98. The van der Waals surface area contributed by atoms with Gasteiger partial charge < -0.3 is 9.47 Å². The molecule has 0 bridgehead atoms. The molecule has 86 valence electrons. The summed E-state index contributed by atoms with van der Waals surface area (Å²) in [5.41, 5.74) is 1.01. The lowest BCUT2D eigenvalue weighted by molar-refractivity contribution is -0.154. The van der Waals surface area contributed by atoms with Gasteiger partial charge in [-0.1, -0.05) is 12.1 Å². The molecule has 0 amide bonds. The van der Waals surface area contributed by atoms with E-state index in [0.29, 0.717) is 0 Å². The van der Waals surface area contributed by atoms with Crippen molar-refractivity contribution < 1.29 is 14.3 Å². The van der Waals surface area contributed by atoms with Crippen LogP contribution in [0.4, 0.5) is 0 Å². The van der Waals surface area contributed by atoms with Crippen molar-refractivity contribution >= 4 is 5.97 Å². The normalized spacial score (nSPS) is 25.0. The molecule has 3 nitrogen and oxygen atoms in total. The predicted octanol–water partition coefficient (Wildman–Crippen LogP) is 2.50. The summed E-state index contributed by atoms with van der Waals surface area (Å²) in [5.74, 6) is 0.590. The molecule has 1 aliphatic rings. The van der Waals surface area contributed by atoms with Gasteiger partial charge in [-0.15, -0.1) is 0 Å². The van der Waals surface area contributed by atoms with Crippen LogP contribution in [0.25, 0.3) is 0 Å². The molecule has 1 aromatic carbocycles. The van der Waals surface area contributed by atoms with E-state index in [-0.39, 0.29) is 18.0 Å². The van der Waals surface area contributed by atoms with E-state index in [4.69, 9.17) is 9.47 Å². The van der Waals surface area contributed by atoms with E-state index in [1.54, 1.807) is 7.11 Å². The monoisotopic (exact) mass is 220 g/mol. The second-order valence-corrected chi connectivity index (χ2v) is 4.15. The van der Waals surface area contributed by atoms with Crippen LogP contribution in [0.5, 0.6) is 5.75 Å². The molecule has 0 saturated carbocycles. The van der Waals surface area contributed by atoms with E-state index >= 15 is 0 Å². The van der Waals surface area contributed by atoms with E-state index in [0.717, 1.165) is 24.2 Å². The Labute approximate surface area is 95.4 Å². The van der Waals surface area contributed by atoms with Crippen LogP contribution in [0, 0.1) is 0 Å². The van der Waals surface area contributed by atoms with Crippen LogP contribution in [0.3, 0.4) is 0 Å². The maximum absolute atomic E-state index is 11.7. The fraction of sp³-hybridized carbons (Fsp3) is 0.462. The predicted molar refractivity (Wildman–Crippen MR) is 60.5 cm³/mol. The second kappa shape index (κ2) is 4.56. The van der Waals surface area contributed by atoms with Gasteiger partial charge in [0.05, 0.1) is 19.1 Å². The minimum atomic E-state index is -0.109. The molecular formula is C13H16O3. The highest BCUT2D eigenvalue weighted by Crippen LogP contribution is 2.30. The van der Waals surface area contributed by atoms with E-state index in [9.17, 15) is 4.79 Å². The van der Waals surface area contributed by atoms with E-state index < -0.39 is 0 Å². The van der Waals surface area contributed by atoms with Crippen molar-refractivity contribution in [1.29, 1.82) is 0 Å². The summed E-state index contributed by atoms with van der Waals surface area (Å²) in [5, 5.41) is 0.